The first-order valence-electron chi connectivity index (χ1n) is 4.70. The number of nitrogens with two attached hydrogens (primary N) is 1. The van der Waals surface area contributed by atoms with Crippen LogP contribution in [0.3, 0.4) is 0 Å². The molecule has 1 atom stereocenters. The van der Waals surface area contributed by atoms with Crippen LogP contribution in [-0.2, 0) is 5.75 Å². The molecule has 0 saturated heterocycles. The van der Waals surface area contributed by atoms with E-state index >= 15 is 0 Å². The number of aromatic nitrogens is 2. The molecule has 0 aliphatic carbocycles. The van der Waals surface area contributed by atoms with Crippen LogP contribution in [0.15, 0.2) is 4.52 Å². The average Bonchev–Trinajstić information content (AvgIpc) is 2.52. The Kier molecular flexibility index (Phi) is 4.41. The van der Waals surface area contributed by atoms with Gasteiger partial charge in [-0.1, -0.05) is 19.0 Å². The highest BCUT2D eigenvalue weighted by Crippen LogP contribution is 2.17. The number of nitrogens with zero attached hydrogens (tertiary/aromatic N) is 2. The summed E-state index contributed by atoms with van der Waals surface area (Å²) in [6.07, 6.45) is 2.88. The zero-order valence-corrected chi connectivity index (χ0v) is 9.67. The van der Waals surface area contributed by atoms with E-state index in [1.165, 1.54) is 0 Å². The highest BCUT2D eigenvalue weighted by molar-refractivity contribution is 7.97. The summed E-state index contributed by atoms with van der Waals surface area (Å²) >= 11 is 1.67. The van der Waals surface area contributed by atoms with Gasteiger partial charge in [0.05, 0.1) is 11.8 Å². The molecule has 0 unspecified atom stereocenters. The first-order chi connectivity index (χ1) is 6.63. The normalized spacial score (nSPS) is 13.5. The van der Waals surface area contributed by atoms with Crippen molar-refractivity contribution in [1.29, 1.82) is 0 Å². The molecule has 5 heteroatoms. The Hall–Kier alpha value is -0.550. The van der Waals surface area contributed by atoms with Crippen LogP contribution in [0.4, 0.5) is 0 Å². The fraction of sp³-hybridized carbons (Fsp3) is 0.778. The van der Waals surface area contributed by atoms with E-state index in [-0.39, 0.29) is 6.04 Å². The van der Waals surface area contributed by atoms with Gasteiger partial charge in [0.1, 0.15) is 0 Å². The lowest BCUT2D eigenvalue weighted by atomic mass is 10.0. The van der Waals surface area contributed by atoms with Gasteiger partial charge in [0.25, 0.3) is 0 Å². The Morgan fingerprint density at radius 2 is 2.21 bits per heavy atom. The second kappa shape index (κ2) is 5.36. The van der Waals surface area contributed by atoms with Crippen molar-refractivity contribution >= 4 is 11.8 Å². The van der Waals surface area contributed by atoms with Crippen LogP contribution in [0, 0.1) is 5.92 Å². The third kappa shape index (κ3) is 3.31. The van der Waals surface area contributed by atoms with E-state index in [1.54, 1.807) is 11.8 Å². The molecule has 1 aromatic heterocycles. The maximum Gasteiger partial charge on any atom is 0.243 e. The molecule has 0 aliphatic heterocycles. The third-order valence-corrected chi connectivity index (χ3v) is 2.35. The first kappa shape index (κ1) is 11.5. The smallest absolute Gasteiger partial charge is 0.243 e. The second-order valence-electron chi connectivity index (χ2n) is 3.72. The van der Waals surface area contributed by atoms with Gasteiger partial charge in [0.2, 0.25) is 5.89 Å². The standard InChI is InChI=1S/C9H17N3OS/c1-6(2)4-7(10)9-11-8(5-14-3)12-13-9/h6-7H,4-5,10H2,1-3H3/t7-/m1/s1. The molecule has 0 amide bonds. The van der Waals surface area contributed by atoms with E-state index in [0.717, 1.165) is 18.0 Å². The molecule has 4 nitrogen and oxygen atoms in total. The van der Waals surface area contributed by atoms with Gasteiger partial charge in [-0.05, 0) is 18.6 Å². The van der Waals surface area contributed by atoms with Crippen molar-refractivity contribution in [2.45, 2.75) is 32.1 Å². The predicted molar refractivity (Wildman–Crippen MR) is 57.9 cm³/mol. The van der Waals surface area contributed by atoms with Gasteiger partial charge in [-0.2, -0.15) is 16.7 Å². The van der Waals surface area contributed by atoms with E-state index in [1.807, 2.05) is 6.26 Å². The van der Waals surface area contributed by atoms with Gasteiger partial charge >= 0.3 is 0 Å². The van der Waals surface area contributed by atoms with Gasteiger partial charge in [-0.15, -0.1) is 0 Å². The summed E-state index contributed by atoms with van der Waals surface area (Å²) in [6.45, 7) is 4.25. The van der Waals surface area contributed by atoms with E-state index in [2.05, 4.69) is 24.0 Å². The van der Waals surface area contributed by atoms with Crippen LogP contribution in [0.1, 0.15) is 38.0 Å². The molecule has 80 valence electrons. The molecule has 0 aliphatic rings. The summed E-state index contributed by atoms with van der Waals surface area (Å²) in [5.41, 5.74) is 5.90. The van der Waals surface area contributed by atoms with Crippen LogP contribution < -0.4 is 5.73 Å². The Balaban J connectivity index is 2.57. The Morgan fingerprint density at radius 1 is 1.50 bits per heavy atom. The van der Waals surface area contributed by atoms with E-state index in [4.69, 9.17) is 10.3 Å². The molecule has 14 heavy (non-hydrogen) atoms. The van der Waals surface area contributed by atoms with Gasteiger partial charge in [-0.25, -0.2) is 0 Å². The summed E-state index contributed by atoms with van der Waals surface area (Å²) in [5.74, 6) is 2.60. The second-order valence-corrected chi connectivity index (χ2v) is 4.58. The molecular weight excluding hydrogens is 198 g/mol. The SMILES string of the molecule is CSCc1noc([C@H](N)CC(C)C)n1. The Labute approximate surface area is 88.6 Å². The van der Waals surface area contributed by atoms with Crippen LogP contribution >= 0.6 is 11.8 Å². The fourth-order valence-corrected chi connectivity index (χ4v) is 1.59. The maximum atomic E-state index is 5.90. The minimum Gasteiger partial charge on any atom is -0.338 e. The average molecular weight is 215 g/mol. The predicted octanol–water partition coefficient (Wildman–Crippen LogP) is 1.98. The van der Waals surface area contributed by atoms with Gasteiger partial charge in [0.15, 0.2) is 5.82 Å². The minimum absolute atomic E-state index is 0.127. The molecule has 1 rings (SSSR count). The van der Waals surface area contributed by atoms with Gasteiger partial charge in [0, 0.05) is 0 Å². The summed E-state index contributed by atoms with van der Waals surface area (Å²) in [4.78, 5) is 4.23. The summed E-state index contributed by atoms with van der Waals surface area (Å²) < 4.78 is 5.08. The zero-order chi connectivity index (χ0) is 10.6. The van der Waals surface area contributed by atoms with Gasteiger partial charge < -0.3 is 10.3 Å². The van der Waals surface area contributed by atoms with Crippen LogP contribution in [-0.4, -0.2) is 16.4 Å². The van der Waals surface area contributed by atoms with Crippen molar-refractivity contribution in [3.05, 3.63) is 11.7 Å². The molecule has 0 radical (unpaired) electrons. The first-order valence-corrected chi connectivity index (χ1v) is 6.10. The Morgan fingerprint density at radius 3 is 2.79 bits per heavy atom. The summed E-state index contributed by atoms with van der Waals surface area (Å²) in [6, 6.07) is -0.127. The lowest BCUT2D eigenvalue weighted by Gasteiger charge is -2.08. The fourth-order valence-electron chi connectivity index (χ4n) is 1.21. The van der Waals surface area contributed by atoms with Gasteiger partial charge in [-0.3, -0.25) is 0 Å². The van der Waals surface area contributed by atoms with Crippen molar-refractivity contribution in [3.63, 3.8) is 0 Å². The number of rotatable bonds is 5. The quantitative estimate of drug-likeness (QED) is 0.813. The zero-order valence-electron chi connectivity index (χ0n) is 8.86. The molecule has 1 heterocycles. The Bertz CT molecular complexity index is 275. The van der Waals surface area contributed by atoms with Crippen molar-refractivity contribution < 1.29 is 4.52 Å². The van der Waals surface area contributed by atoms with Crippen LogP contribution in [0.25, 0.3) is 0 Å². The number of hydrogen-bond acceptors (Lipinski definition) is 5. The van der Waals surface area contributed by atoms with Crippen molar-refractivity contribution in [3.8, 4) is 0 Å². The van der Waals surface area contributed by atoms with Crippen LogP contribution in [0.2, 0.25) is 0 Å². The number of hydrogen-bond donors (Lipinski definition) is 1. The molecular formula is C9H17N3OS. The van der Waals surface area contributed by atoms with E-state index in [9.17, 15) is 0 Å². The van der Waals surface area contributed by atoms with E-state index < -0.39 is 0 Å². The molecule has 1 aromatic rings. The van der Waals surface area contributed by atoms with Crippen molar-refractivity contribution in [1.82, 2.24) is 10.1 Å². The molecule has 0 aromatic carbocycles. The highest BCUT2D eigenvalue weighted by Gasteiger charge is 2.15. The molecule has 0 spiro atoms. The minimum atomic E-state index is -0.127. The topological polar surface area (TPSA) is 64.9 Å². The third-order valence-electron chi connectivity index (χ3n) is 1.80. The molecule has 0 saturated carbocycles. The lowest BCUT2D eigenvalue weighted by Crippen LogP contribution is -2.13. The van der Waals surface area contributed by atoms with Crippen molar-refractivity contribution in [2.24, 2.45) is 11.7 Å². The largest absolute Gasteiger partial charge is 0.338 e. The summed E-state index contributed by atoms with van der Waals surface area (Å²) in [5, 5.41) is 3.85. The monoisotopic (exact) mass is 215 g/mol. The molecule has 2 N–H and O–H groups in total. The molecule has 0 bridgehead atoms. The lowest BCUT2D eigenvalue weighted by molar-refractivity contribution is 0.333. The highest BCUT2D eigenvalue weighted by atomic mass is 32.2. The van der Waals surface area contributed by atoms with E-state index in [0.29, 0.717) is 11.8 Å². The maximum absolute atomic E-state index is 5.90. The van der Waals surface area contributed by atoms with Crippen molar-refractivity contribution in [2.75, 3.05) is 6.26 Å². The molecule has 0 fully saturated rings. The summed E-state index contributed by atoms with van der Waals surface area (Å²) in [7, 11) is 0. The van der Waals surface area contributed by atoms with Crippen LogP contribution in [0.5, 0.6) is 0 Å². The number of thioether (sulfide) groups is 1.